The molecule has 1 N–H and O–H groups in total. The van der Waals surface area contributed by atoms with Crippen LogP contribution < -0.4 is 10.1 Å². The predicted octanol–water partition coefficient (Wildman–Crippen LogP) is 4.20. The molecule has 2 rings (SSSR count). The molecule has 4 nitrogen and oxygen atoms in total. The lowest BCUT2D eigenvalue weighted by atomic mass is 10.2. The summed E-state index contributed by atoms with van der Waals surface area (Å²) in [7, 11) is 1.83. The summed E-state index contributed by atoms with van der Waals surface area (Å²) in [6.07, 6.45) is 0. The molecule has 0 amide bonds. The summed E-state index contributed by atoms with van der Waals surface area (Å²) < 4.78 is 6.74. The molecule has 1 heterocycles. The zero-order valence-corrected chi connectivity index (χ0v) is 12.7. The summed E-state index contributed by atoms with van der Waals surface area (Å²) in [5.74, 6) is 3.05. The van der Waals surface area contributed by atoms with Crippen molar-refractivity contribution in [2.75, 3.05) is 12.4 Å². The van der Waals surface area contributed by atoms with Crippen molar-refractivity contribution >= 4 is 21.7 Å². The van der Waals surface area contributed by atoms with Crippen LogP contribution in [0, 0.1) is 0 Å². The van der Waals surface area contributed by atoms with Crippen LogP contribution in [0.3, 0.4) is 0 Å². The average Bonchev–Trinajstić information content (AvgIpc) is 2.38. The second kappa shape index (κ2) is 6.02. The third kappa shape index (κ3) is 3.67. The third-order valence-electron chi connectivity index (χ3n) is 2.51. The molecular weight excluding hydrogens is 306 g/mol. The van der Waals surface area contributed by atoms with Gasteiger partial charge in [-0.1, -0.05) is 35.8 Å². The van der Waals surface area contributed by atoms with E-state index in [1.165, 1.54) is 0 Å². The maximum atomic E-state index is 5.77. The Morgan fingerprint density at radius 1 is 1.21 bits per heavy atom. The molecule has 2 aromatic rings. The molecule has 100 valence electrons. The van der Waals surface area contributed by atoms with Crippen molar-refractivity contribution in [2.24, 2.45) is 0 Å². The molecule has 0 bridgehead atoms. The Kier molecular flexibility index (Phi) is 4.37. The zero-order valence-electron chi connectivity index (χ0n) is 11.1. The summed E-state index contributed by atoms with van der Waals surface area (Å²) in [5.41, 5.74) is 0. The highest BCUT2D eigenvalue weighted by Gasteiger charge is 2.09. The van der Waals surface area contributed by atoms with Crippen molar-refractivity contribution in [1.29, 1.82) is 0 Å². The van der Waals surface area contributed by atoms with Crippen molar-refractivity contribution in [3.8, 4) is 11.6 Å². The van der Waals surface area contributed by atoms with Gasteiger partial charge in [0.05, 0.1) is 0 Å². The highest BCUT2D eigenvalue weighted by atomic mass is 79.9. The van der Waals surface area contributed by atoms with E-state index in [1.54, 1.807) is 6.07 Å². The minimum Gasteiger partial charge on any atom is -0.439 e. The number of ether oxygens (including phenoxy) is 1. The number of nitrogens with one attached hydrogen (secondary N) is 1. The fourth-order valence-corrected chi connectivity index (χ4v) is 1.91. The highest BCUT2D eigenvalue weighted by Crippen LogP contribution is 2.25. The first-order valence-corrected chi connectivity index (χ1v) is 6.88. The van der Waals surface area contributed by atoms with Crippen LogP contribution in [0.25, 0.3) is 0 Å². The molecule has 0 aliphatic heterocycles. The molecule has 0 unspecified atom stereocenters. The van der Waals surface area contributed by atoms with Gasteiger partial charge in [-0.05, 0) is 18.2 Å². The number of anilines is 1. The molecule has 0 aliphatic carbocycles. The van der Waals surface area contributed by atoms with Gasteiger partial charge in [-0.15, -0.1) is 0 Å². The van der Waals surface area contributed by atoms with E-state index in [1.807, 2.05) is 31.3 Å². The molecule has 5 heteroatoms. The van der Waals surface area contributed by atoms with Crippen molar-refractivity contribution in [3.63, 3.8) is 0 Å². The van der Waals surface area contributed by atoms with E-state index in [0.717, 1.165) is 21.9 Å². The van der Waals surface area contributed by atoms with Crippen LogP contribution in [0.15, 0.2) is 34.8 Å². The van der Waals surface area contributed by atoms with Crippen molar-refractivity contribution in [3.05, 3.63) is 40.6 Å². The first-order chi connectivity index (χ1) is 9.08. The molecule has 0 saturated carbocycles. The minimum absolute atomic E-state index is 0.248. The first kappa shape index (κ1) is 13.8. The van der Waals surface area contributed by atoms with Crippen molar-refractivity contribution in [2.45, 2.75) is 19.8 Å². The number of benzene rings is 1. The maximum Gasteiger partial charge on any atom is 0.224 e. The molecular formula is C14H16BrN3O. The average molecular weight is 322 g/mol. The third-order valence-corrected chi connectivity index (χ3v) is 3.00. The molecule has 0 atom stereocenters. The minimum atomic E-state index is 0.248. The van der Waals surface area contributed by atoms with Crippen LogP contribution in [-0.4, -0.2) is 17.0 Å². The zero-order chi connectivity index (χ0) is 13.8. The Bertz CT molecular complexity index is 572. The van der Waals surface area contributed by atoms with Gasteiger partial charge in [-0.3, -0.25) is 0 Å². The fraction of sp³-hybridized carbons (Fsp3) is 0.286. The molecule has 0 aliphatic rings. The number of rotatable bonds is 4. The van der Waals surface area contributed by atoms with Crippen molar-refractivity contribution in [1.82, 2.24) is 9.97 Å². The van der Waals surface area contributed by atoms with Crippen LogP contribution in [0.2, 0.25) is 0 Å². The predicted molar refractivity (Wildman–Crippen MR) is 79.9 cm³/mol. The lowest BCUT2D eigenvalue weighted by Crippen LogP contribution is -2.03. The van der Waals surface area contributed by atoms with E-state index >= 15 is 0 Å². The van der Waals surface area contributed by atoms with E-state index < -0.39 is 0 Å². The van der Waals surface area contributed by atoms with Crippen LogP contribution in [0.5, 0.6) is 11.6 Å². The molecule has 0 radical (unpaired) electrons. The molecule has 1 aromatic carbocycles. The summed E-state index contributed by atoms with van der Waals surface area (Å²) in [6.45, 7) is 4.11. The Morgan fingerprint density at radius 3 is 2.63 bits per heavy atom. The number of nitrogens with zero attached hydrogens (tertiary/aromatic N) is 2. The SMILES string of the molecule is CNc1cc(Oc2cccc(Br)c2)nc(C(C)C)n1. The number of hydrogen-bond acceptors (Lipinski definition) is 4. The van der Waals surface area contributed by atoms with E-state index in [4.69, 9.17) is 4.74 Å². The van der Waals surface area contributed by atoms with Crippen LogP contribution in [0.1, 0.15) is 25.6 Å². The van der Waals surface area contributed by atoms with Gasteiger partial charge in [0, 0.05) is 23.5 Å². The maximum absolute atomic E-state index is 5.77. The lowest BCUT2D eigenvalue weighted by molar-refractivity contribution is 0.457. The van der Waals surface area contributed by atoms with E-state index in [2.05, 4.69) is 45.1 Å². The van der Waals surface area contributed by atoms with Crippen LogP contribution in [-0.2, 0) is 0 Å². The number of halogens is 1. The van der Waals surface area contributed by atoms with Crippen LogP contribution in [0.4, 0.5) is 5.82 Å². The summed E-state index contributed by atoms with van der Waals surface area (Å²) in [5, 5.41) is 3.02. The Balaban J connectivity index is 2.31. The number of hydrogen-bond donors (Lipinski definition) is 1. The molecule has 0 saturated heterocycles. The molecule has 0 spiro atoms. The summed E-state index contributed by atoms with van der Waals surface area (Å²) >= 11 is 3.42. The Morgan fingerprint density at radius 2 is 2.00 bits per heavy atom. The lowest BCUT2D eigenvalue weighted by Gasteiger charge is -2.10. The van der Waals surface area contributed by atoms with Gasteiger partial charge in [-0.25, -0.2) is 4.98 Å². The van der Waals surface area contributed by atoms with E-state index in [-0.39, 0.29) is 5.92 Å². The van der Waals surface area contributed by atoms with Gasteiger partial charge in [0.2, 0.25) is 5.88 Å². The van der Waals surface area contributed by atoms with Crippen molar-refractivity contribution < 1.29 is 4.74 Å². The smallest absolute Gasteiger partial charge is 0.224 e. The van der Waals surface area contributed by atoms with Gasteiger partial charge >= 0.3 is 0 Å². The largest absolute Gasteiger partial charge is 0.439 e. The second-order valence-corrected chi connectivity index (χ2v) is 5.33. The number of aromatic nitrogens is 2. The van der Waals surface area contributed by atoms with E-state index in [9.17, 15) is 0 Å². The van der Waals surface area contributed by atoms with Gasteiger partial charge < -0.3 is 10.1 Å². The monoisotopic (exact) mass is 321 g/mol. The van der Waals surface area contributed by atoms with Gasteiger partial charge in [0.25, 0.3) is 0 Å². The quantitative estimate of drug-likeness (QED) is 0.916. The highest BCUT2D eigenvalue weighted by molar-refractivity contribution is 9.10. The van der Waals surface area contributed by atoms with Gasteiger partial charge in [0.15, 0.2) is 0 Å². The van der Waals surface area contributed by atoms with Gasteiger partial charge in [-0.2, -0.15) is 4.98 Å². The first-order valence-electron chi connectivity index (χ1n) is 6.08. The Hall–Kier alpha value is -1.62. The second-order valence-electron chi connectivity index (χ2n) is 4.41. The fourth-order valence-electron chi connectivity index (χ4n) is 1.53. The molecule has 0 fully saturated rings. The molecule has 19 heavy (non-hydrogen) atoms. The standard InChI is InChI=1S/C14H16BrN3O/c1-9(2)14-17-12(16-3)8-13(18-14)19-11-6-4-5-10(15)7-11/h4-9H,1-3H3,(H,16,17,18). The van der Waals surface area contributed by atoms with Crippen LogP contribution >= 0.6 is 15.9 Å². The Labute approximate surface area is 121 Å². The summed E-state index contributed by atoms with van der Waals surface area (Å²) in [6, 6.07) is 9.44. The summed E-state index contributed by atoms with van der Waals surface area (Å²) in [4.78, 5) is 8.82. The topological polar surface area (TPSA) is 47.0 Å². The van der Waals surface area contributed by atoms with E-state index in [0.29, 0.717) is 5.88 Å². The normalized spacial score (nSPS) is 10.6. The van der Waals surface area contributed by atoms with Gasteiger partial charge in [0.1, 0.15) is 17.4 Å². The molecule has 1 aromatic heterocycles.